The van der Waals surface area contributed by atoms with Crippen molar-refractivity contribution < 1.29 is 18.7 Å². The van der Waals surface area contributed by atoms with Crippen molar-refractivity contribution in [3.8, 4) is 0 Å². The Balaban J connectivity index is 1.62. The molecule has 0 saturated carbocycles. The fourth-order valence-electron chi connectivity index (χ4n) is 3.46. The van der Waals surface area contributed by atoms with Gasteiger partial charge in [-0.2, -0.15) is 0 Å². The van der Waals surface area contributed by atoms with Crippen LogP contribution >= 0.6 is 0 Å². The van der Waals surface area contributed by atoms with Crippen molar-refractivity contribution in [2.45, 2.75) is 13.5 Å². The predicted octanol–water partition coefficient (Wildman–Crippen LogP) is 5.39. The monoisotopic (exact) mass is 414 g/mol. The Labute approximate surface area is 179 Å². The summed E-state index contributed by atoms with van der Waals surface area (Å²) < 4.78 is 11.1. The number of nitrogens with one attached hydrogen (secondary N) is 2. The number of amides is 2. The molecule has 6 nitrogen and oxygen atoms in total. The zero-order valence-corrected chi connectivity index (χ0v) is 17.3. The normalized spacial score (nSPS) is 10.8. The molecule has 1 heterocycles. The summed E-state index contributed by atoms with van der Waals surface area (Å²) in [6, 6.07) is 21.8. The number of rotatable bonds is 6. The van der Waals surface area contributed by atoms with Crippen molar-refractivity contribution in [2.24, 2.45) is 0 Å². The van der Waals surface area contributed by atoms with Crippen LogP contribution in [0.15, 0.2) is 77.2 Å². The van der Waals surface area contributed by atoms with Crippen molar-refractivity contribution in [2.75, 3.05) is 17.7 Å². The molecule has 0 unspecified atom stereocenters. The van der Waals surface area contributed by atoms with E-state index in [4.69, 9.17) is 9.15 Å². The minimum absolute atomic E-state index is 0.164. The summed E-state index contributed by atoms with van der Waals surface area (Å²) in [6.45, 7) is 2.18. The van der Waals surface area contributed by atoms with E-state index in [2.05, 4.69) is 10.6 Å². The lowest BCUT2D eigenvalue weighted by Gasteiger charge is -2.11. The number of furan rings is 1. The van der Waals surface area contributed by atoms with Crippen LogP contribution in [-0.4, -0.2) is 18.9 Å². The molecular formula is C25H22N2O4. The lowest BCUT2D eigenvalue weighted by atomic mass is 10.1. The van der Waals surface area contributed by atoms with E-state index in [1.54, 1.807) is 37.4 Å². The molecule has 0 radical (unpaired) electrons. The van der Waals surface area contributed by atoms with E-state index in [1.807, 2.05) is 49.4 Å². The molecule has 6 heteroatoms. The van der Waals surface area contributed by atoms with Crippen molar-refractivity contribution in [3.63, 3.8) is 0 Å². The van der Waals surface area contributed by atoms with E-state index < -0.39 is 5.91 Å². The van der Waals surface area contributed by atoms with Crippen LogP contribution in [0.5, 0.6) is 0 Å². The van der Waals surface area contributed by atoms with Crippen LogP contribution in [0.2, 0.25) is 0 Å². The van der Waals surface area contributed by atoms with E-state index in [1.165, 1.54) is 0 Å². The third kappa shape index (κ3) is 4.34. The van der Waals surface area contributed by atoms with Crippen LogP contribution in [-0.2, 0) is 11.3 Å². The van der Waals surface area contributed by atoms with Crippen LogP contribution in [0, 0.1) is 6.92 Å². The van der Waals surface area contributed by atoms with Gasteiger partial charge in [-0.15, -0.1) is 0 Å². The van der Waals surface area contributed by atoms with Crippen LogP contribution in [0.3, 0.4) is 0 Å². The number of methoxy groups -OCH3 is 1. The van der Waals surface area contributed by atoms with E-state index in [-0.39, 0.29) is 18.3 Å². The Morgan fingerprint density at radius 1 is 0.903 bits per heavy atom. The number of anilines is 2. The first kappa shape index (κ1) is 20.4. The summed E-state index contributed by atoms with van der Waals surface area (Å²) >= 11 is 0. The number of hydrogen-bond acceptors (Lipinski definition) is 4. The molecule has 0 aliphatic rings. The Bertz CT molecular complexity index is 1260. The predicted molar refractivity (Wildman–Crippen MR) is 120 cm³/mol. The molecule has 2 amide bonds. The van der Waals surface area contributed by atoms with Gasteiger partial charge in [0.1, 0.15) is 5.58 Å². The highest BCUT2D eigenvalue weighted by molar-refractivity contribution is 6.13. The van der Waals surface area contributed by atoms with Gasteiger partial charge in [0.2, 0.25) is 0 Å². The average molecular weight is 414 g/mol. The molecule has 0 saturated heterocycles. The number of para-hydroxylation sites is 2. The summed E-state index contributed by atoms with van der Waals surface area (Å²) in [5, 5.41) is 6.51. The Kier molecular flexibility index (Phi) is 5.82. The maximum atomic E-state index is 13.1. The Morgan fingerprint density at radius 3 is 2.48 bits per heavy atom. The van der Waals surface area contributed by atoms with Gasteiger partial charge in [0, 0.05) is 23.7 Å². The number of carbonyl (C=O) groups excluding carboxylic acids is 2. The van der Waals surface area contributed by atoms with Gasteiger partial charge in [0.25, 0.3) is 11.8 Å². The molecule has 1 aromatic heterocycles. The molecule has 156 valence electrons. The molecule has 4 rings (SSSR count). The topological polar surface area (TPSA) is 80.6 Å². The molecule has 0 spiro atoms. The van der Waals surface area contributed by atoms with Gasteiger partial charge < -0.3 is 19.8 Å². The summed E-state index contributed by atoms with van der Waals surface area (Å²) in [6.07, 6.45) is 0. The maximum Gasteiger partial charge on any atom is 0.291 e. The fraction of sp³-hybridized carbons (Fsp3) is 0.120. The van der Waals surface area contributed by atoms with Gasteiger partial charge in [-0.25, -0.2) is 0 Å². The number of aryl methyl sites for hydroxylation is 1. The van der Waals surface area contributed by atoms with Crippen LogP contribution in [0.4, 0.5) is 11.4 Å². The highest BCUT2D eigenvalue weighted by Crippen LogP contribution is 2.28. The smallest absolute Gasteiger partial charge is 0.291 e. The maximum absolute atomic E-state index is 13.1. The van der Waals surface area contributed by atoms with Crippen molar-refractivity contribution in [1.82, 2.24) is 0 Å². The third-order valence-electron chi connectivity index (χ3n) is 4.89. The lowest BCUT2D eigenvalue weighted by Crippen LogP contribution is -2.18. The first-order valence-electron chi connectivity index (χ1n) is 9.84. The molecule has 4 aromatic rings. The average Bonchev–Trinajstić information content (AvgIpc) is 3.13. The quantitative estimate of drug-likeness (QED) is 0.443. The molecular weight excluding hydrogens is 392 g/mol. The molecule has 3 aromatic carbocycles. The van der Waals surface area contributed by atoms with Crippen LogP contribution < -0.4 is 10.6 Å². The molecule has 0 atom stereocenters. The zero-order valence-electron chi connectivity index (χ0n) is 17.3. The van der Waals surface area contributed by atoms with E-state index in [9.17, 15) is 9.59 Å². The first-order valence-corrected chi connectivity index (χ1v) is 9.84. The van der Waals surface area contributed by atoms with Gasteiger partial charge in [-0.1, -0.05) is 42.5 Å². The molecule has 31 heavy (non-hydrogen) atoms. The second-order valence-electron chi connectivity index (χ2n) is 7.16. The summed E-state index contributed by atoms with van der Waals surface area (Å²) in [7, 11) is 1.56. The van der Waals surface area contributed by atoms with Gasteiger partial charge in [0.15, 0.2) is 5.76 Å². The molecule has 0 aliphatic heterocycles. The summed E-state index contributed by atoms with van der Waals surface area (Å²) in [4.78, 5) is 25.9. The van der Waals surface area contributed by atoms with Crippen LogP contribution in [0.1, 0.15) is 32.0 Å². The zero-order chi connectivity index (χ0) is 21.8. The Hall–Kier alpha value is -3.90. The number of ether oxygens (including phenoxy) is 1. The third-order valence-corrected chi connectivity index (χ3v) is 4.89. The second-order valence-corrected chi connectivity index (χ2v) is 7.16. The van der Waals surface area contributed by atoms with Gasteiger partial charge in [-0.05, 0) is 42.8 Å². The SMILES string of the molecule is COCc1c(C(=O)Nc2ccccc2C(=O)Nc2cccc(C)c2)oc2ccccc12. The van der Waals surface area contributed by atoms with Crippen molar-refractivity contribution in [3.05, 3.63) is 95.2 Å². The number of hydrogen-bond donors (Lipinski definition) is 2. The fourth-order valence-corrected chi connectivity index (χ4v) is 3.46. The number of fused-ring (bicyclic) bond motifs is 1. The van der Waals surface area contributed by atoms with Gasteiger partial charge in [-0.3, -0.25) is 9.59 Å². The highest BCUT2D eigenvalue weighted by Gasteiger charge is 2.22. The molecule has 0 aliphatic carbocycles. The molecule has 2 N–H and O–H groups in total. The van der Waals surface area contributed by atoms with E-state index >= 15 is 0 Å². The van der Waals surface area contributed by atoms with Crippen LogP contribution in [0.25, 0.3) is 11.0 Å². The first-order chi connectivity index (χ1) is 15.1. The van der Waals surface area contributed by atoms with Gasteiger partial charge >= 0.3 is 0 Å². The summed E-state index contributed by atoms with van der Waals surface area (Å²) in [5.74, 6) is -0.598. The van der Waals surface area contributed by atoms with Crippen molar-refractivity contribution >= 4 is 34.2 Å². The minimum Gasteiger partial charge on any atom is -0.451 e. The Morgan fingerprint density at radius 2 is 1.68 bits per heavy atom. The van der Waals surface area contributed by atoms with Crippen molar-refractivity contribution in [1.29, 1.82) is 0 Å². The molecule has 0 bridgehead atoms. The highest BCUT2D eigenvalue weighted by atomic mass is 16.5. The second kappa shape index (κ2) is 8.85. The molecule has 0 fully saturated rings. The standard InChI is InChI=1S/C25H22N2O4/c1-16-8-7-9-17(14-16)26-24(28)19-11-3-5-12-21(19)27-25(29)23-20(15-30-2)18-10-4-6-13-22(18)31-23/h3-14H,15H2,1-2H3,(H,26,28)(H,27,29). The number of benzene rings is 3. The lowest BCUT2D eigenvalue weighted by molar-refractivity contribution is 0.0992. The van der Waals surface area contributed by atoms with E-state index in [0.717, 1.165) is 10.9 Å². The van der Waals surface area contributed by atoms with E-state index in [0.29, 0.717) is 28.1 Å². The minimum atomic E-state index is -0.445. The largest absolute Gasteiger partial charge is 0.451 e. The summed E-state index contributed by atoms with van der Waals surface area (Å²) in [5.41, 5.74) is 3.73. The van der Waals surface area contributed by atoms with Gasteiger partial charge in [0.05, 0.1) is 17.9 Å². The number of carbonyl (C=O) groups is 2.